The van der Waals surface area contributed by atoms with E-state index in [1.807, 2.05) is 0 Å². The summed E-state index contributed by atoms with van der Waals surface area (Å²) in [6, 6.07) is 8.57. The van der Waals surface area contributed by atoms with Crippen LogP contribution in [-0.4, -0.2) is 10.9 Å². The fourth-order valence-electron chi connectivity index (χ4n) is 2.20. The van der Waals surface area contributed by atoms with Crippen LogP contribution in [0.1, 0.15) is 21.8 Å². The van der Waals surface area contributed by atoms with Gasteiger partial charge in [-0.15, -0.1) is 11.3 Å². The fourth-order valence-corrected chi connectivity index (χ4v) is 3.05. The van der Waals surface area contributed by atoms with Crippen LogP contribution in [0.3, 0.4) is 0 Å². The number of anilines is 1. The average molecular weight is 378 g/mol. The molecule has 8 heteroatoms. The van der Waals surface area contributed by atoms with Crippen LogP contribution in [0.2, 0.25) is 0 Å². The lowest BCUT2D eigenvalue weighted by Crippen LogP contribution is -2.06. The Kier molecular flexibility index (Phi) is 5.22. The van der Waals surface area contributed by atoms with Crippen molar-refractivity contribution >= 4 is 28.5 Å². The predicted molar refractivity (Wildman–Crippen MR) is 92.7 cm³/mol. The van der Waals surface area contributed by atoms with Crippen LogP contribution in [0, 0.1) is 0 Å². The average Bonchev–Trinajstić information content (AvgIpc) is 3.24. The summed E-state index contributed by atoms with van der Waals surface area (Å²) in [5.41, 5.74) is -0.157. The van der Waals surface area contributed by atoms with Gasteiger partial charge in [0, 0.05) is 23.6 Å². The number of thiazole rings is 1. The van der Waals surface area contributed by atoms with E-state index in [-0.39, 0.29) is 5.91 Å². The molecule has 0 saturated carbocycles. The molecule has 1 aromatic carbocycles. The third-order valence-electron chi connectivity index (χ3n) is 3.36. The van der Waals surface area contributed by atoms with Crippen molar-refractivity contribution in [1.82, 2.24) is 4.98 Å². The van der Waals surface area contributed by atoms with Crippen molar-refractivity contribution in [3.05, 3.63) is 76.7 Å². The van der Waals surface area contributed by atoms with Gasteiger partial charge in [-0.2, -0.15) is 13.2 Å². The van der Waals surface area contributed by atoms with Gasteiger partial charge in [-0.25, -0.2) is 4.98 Å². The van der Waals surface area contributed by atoms with E-state index in [4.69, 9.17) is 4.42 Å². The summed E-state index contributed by atoms with van der Waals surface area (Å²) in [6.45, 7) is 0. The van der Waals surface area contributed by atoms with Crippen molar-refractivity contribution in [3.8, 4) is 0 Å². The molecule has 134 valence electrons. The lowest BCUT2D eigenvalue weighted by molar-refractivity contribution is -0.137. The van der Waals surface area contributed by atoms with E-state index < -0.39 is 11.7 Å². The number of furan rings is 1. The minimum atomic E-state index is -4.37. The monoisotopic (exact) mass is 378 g/mol. The molecule has 1 N–H and O–H groups in total. The Morgan fingerprint density at radius 3 is 2.85 bits per heavy atom. The molecule has 3 aromatic rings. The van der Waals surface area contributed by atoms with Crippen LogP contribution in [-0.2, 0) is 17.4 Å². The summed E-state index contributed by atoms with van der Waals surface area (Å²) in [4.78, 5) is 16.7. The largest absolute Gasteiger partial charge is 0.465 e. The van der Waals surface area contributed by atoms with E-state index in [2.05, 4.69) is 10.3 Å². The molecule has 0 aliphatic heterocycles. The van der Waals surface area contributed by atoms with Crippen LogP contribution >= 0.6 is 11.3 Å². The number of amides is 1. The molecule has 0 unspecified atom stereocenters. The Labute approximate surface area is 151 Å². The molecule has 1 amide bonds. The summed E-state index contributed by atoms with van der Waals surface area (Å²) in [5, 5.41) is 2.98. The number of benzene rings is 1. The maximum absolute atomic E-state index is 12.8. The molecule has 0 bridgehead atoms. The first-order valence-corrected chi connectivity index (χ1v) is 8.35. The fraction of sp³-hybridized carbons (Fsp3) is 0.111. The number of rotatable bonds is 5. The number of alkyl halides is 3. The number of halogens is 3. The van der Waals surface area contributed by atoms with Gasteiger partial charge in [-0.1, -0.05) is 18.2 Å². The Bertz CT molecular complexity index is 915. The SMILES string of the molecule is O=C(/C=C/c1ccco1)Nc1ncc(Cc2cccc(C(F)(F)F)c2)s1. The van der Waals surface area contributed by atoms with E-state index in [1.165, 1.54) is 42.0 Å². The Morgan fingerprint density at radius 2 is 2.12 bits per heavy atom. The number of nitrogens with one attached hydrogen (secondary N) is 1. The molecule has 2 heterocycles. The van der Waals surface area contributed by atoms with Crippen LogP contribution < -0.4 is 5.32 Å². The van der Waals surface area contributed by atoms with Crippen LogP contribution in [0.15, 0.2) is 59.4 Å². The molecule has 2 aromatic heterocycles. The zero-order valence-electron chi connectivity index (χ0n) is 13.3. The smallest absolute Gasteiger partial charge is 0.416 e. The molecular formula is C18H13F3N2O2S. The van der Waals surface area contributed by atoms with Gasteiger partial charge < -0.3 is 4.42 Å². The molecule has 26 heavy (non-hydrogen) atoms. The van der Waals surface area contributed by atoms with E-state index in [9.17, 15) is 18.0 Å². The summed E-state index contributed by atoms with van der Waals surface area (Å²) >= 11 is 1.21. The van der Waals surface area contributed by atoms with Crippen LogP contribution in [0.25, 0.3) is 6.08 Å². The number of hydrogen-bond donors (Lipinski definition) is 1. The molecular weight excluding hydrogens is 365 g/mol. The van der Waals surface area contributed by atoms with Gasteiger partial charge in [-0.3, -0.25) is 10.1 Å². The first-order valence-electron chi connectivity index (χ1n) is 7.53. The minimum absolute atomic E-state index is 0.305. The lowest BCUT2D eigenvalue weighted by atomic mass is 10.1. The third-order valence-corrected chi connectivity index (χ3v) is 4.27. The number of carbonyl (C=O) groups is 1. The van der Waals surface area contributed by atoms with E-state index in [0.717, 1.165) is 17.0 Å². The molecule has 0 spiro atoms. The standard InChI is InChI=1S/C18H13F3N2O2S/c19-18(20,21)13-4-1-3-12(9-13)10-15-11-22-17(26-15)23-16(24)7-6-14-5-2-8-25-14/h1-9,11H,10H2,(H,22,23,24)/b7-6+. The van der Waals surface area contributed by atoms with Crippen molar-refractivity contribution in [2.75, 3.05) is 5.32 Å². The zero-order chi connectivity index (χ0) is 18.6. The highest BCUT2D eigenvalue weighted by Gasteiger charge is 2.30. The van der Waals surface area contributed by atoms with Gasteiger partial charge >= 0.3 is 6.18 Å². The molecule has 0 aliphatic carbocycles. The van der Waals surface area contributed by atoms with Crippen molar-refractivity contribution in [2.24, 2.45) is 0 Å². The van der Waals surface area contributed by atoms with Gasteiger partial charge in [0.2, 0.25) is 5.91 Å². The maximum atomic E-state index is 12.8. The van der Waals surface area contributed by atoms with Crippen molar-refractivity contribution < 1.29 is 22.4 Å². The van der Waals surface area contributed by atoms with Crippen molar-refractivity contribution in [1.29, 1.82) is 0 Å². The van der Waals surface area contributed by atoms with E-state index >= 15 is 0 Å². The van der Waals surface area contributed by atoms with E-state index in [1.54, 1.807) is 18.2 Å². The highest BCUT2D eigenvalue weighted by molar-refractivity contribution is 7.15. The lowest BCUT2D eigenvalue weighted by Gasteiger charge is -2.07. The van der Waals surface area contributed by atoms with Gasteiger partial charge in [0.25, 0.3) is 0 Å². The van der Waals surface area contributed by atoms with Crippen molar-refractivity contribution in [3.63, 3.8) is 0 Å². The topological polar surface area (TPSA) is 55.1 Å². The molecule has 0 radical (unpaired) electrons. The van der Waals surface area contributed by atoms with Crippen molar-refractivity contribution in [2.45, 2.75) is 12.6 Å². The molecule has 0 fully saturated rings. The van der Waals surface area contributed by atoms with Gasteiger partial charge in [0.05, 0.1) is 11.8 Å². The quantitative estimate of drug-likeness (QED) is 0.636. The number of aromatic nitrogens is 1. The van der Waals surface area contributed by atoms with Crippen LogP contribution in [0.4, 0.5) is 18.3 Å². The summed E-state index contributed by atoms with van der Waals surface area (Å²) in [7, 11) is 0. The predicted octanol–water partition coefficient (Wildman–Crippen LogP) is 5.00. The number of hydrogen-bond acceptors (Lipinski definition) is 4. The molecule has 0 aliphatic rings. The number of carbonyl (C=O) groups excluding carboxylic acids is 1. The first-order chi connectivity index (χ1) is 12.4. The summed E-state index contributed by atoms with van der Waals surface area (Å²) in [6.07, 6.45) is 1.80. The minimum Gasteiger partial charge on any atom is -0.465 e. The highest BCUT2D eigenvalue weighted by Crippen LogP contribution is 2.30. The Balaban J connectivity index is 1.62. The first kappa shape index (κ1) is 17.9. The molecule has 4 nitrogen and oxygen atoms in total. The third kappa shape index (κ3) is 4.82. The van der Waals surface area contributed by atoms with Crippen LogP contribution in [0.5, 0.6) is 0 Å². The second kappa shape index (κ2) is 7.57. The second-order valence-electron chi connectivity index (χ2n) is 5.34. The second-order valence-corrected chi connectivity index (χ2v) is 6.46. The maximum Gasteiger partial charge on any atom is 0.416 e. The summed E-state index contributed by atoms with van der Waals surface area (Å²) < 4.78 is 43.4. The molecule has 0 saturated heterocycles. The number of nitrogens with zero attached hydrogens (tertiary/aromatic N) is 1. The molecule has 3 rings (SSSR count). The summed E-state index contributed by atoms with van der Waals surface area (Å²) in [5.74, 6) is 0.172. The Hall–Kier alpha value is -2.87. The molecule has 0 atom stereocenters. The normalized spacial score (nSPS) is 11.8. The van der Waals surface area contributed by atoms with E-state index in [0.29, 0.717) is 22.9 Å². The highest BCUT2D eigenvalue weighted by atomic mass is 32.1. The Morgan fingerprint density at radius 1 is 1.27 bits per heavy atom. The van der Waals surface area contributed by atoms with Gasteiger partial charge in [0.15, 0.2) is 5.13 Å². The van der Waals surface area contributed by atoms with Gasteiger partial charge in [0.1, 0.15) is 5.76 Å². The van der Waals surface area contributed by atoms with Gasteiger partial charge in [-0.05, 0) is 29.8 Å². The zero-order valence-corrected chi connectivity index (χ0v) is 14.1.